The molecule has 0 fully saturated rings. The predicted octanol–water partition coefficient (Wildman–Crippen LogP) is 3.31. The largest absolute Gasteiger partial charge is 0.399 e. The molecule has 0 unspecified atom stereocenters. The molecule has 19 heavy (non-hydrogen) atoms. The van der Waals surface area contributed by atoms with Crippen molar-refractivity contribution in [3.63, 3.8) is 0 Å². The van der Waals surface area contributed by atoms with Gasteiger partial charge in [0.05, 0.1) is 5.75 Å². The fourth-order valence-electron chi connectivity index (χ4n) is 1.55. The van der Waals surface area contributed by atoms with Crippen LogP contribution in [0.25, 0.3) is 0 Å². The molecule has 0 aliphatic heterocycles. The number of nitrogens with one attached hydrogen (secondary N) is 1. The third-order valence-electron chi connectivity index (χ3n) is 2.59. The van der Waals surface area contributed by atoms with Crippen LogP contribution in [0.1, 0.15) is 5.56 Å². The van der Waals surface area contributed by atoms with Crippen LogP contribution in [0.2, 0.25) is 0 Å². The molecular formula is C15H16N2OS. The average Bonchev–Trinajstić information content (AvgIpc) is 2.41. The highest BCUT2D eigenvalue weighted by Crippen LogP contribution is 2.18. The topological polar surface area (TPSA) is 55.1 Å². The molecule has 0 spiro atoms. The van der Waals surface area contributed by atoms with Gasteiger partial charge in [0.25, 0.3) is 0 Å². The smallest absolute Gasteiger partial charge is 0.234 e. The number of hydrogen-bond acceptors (Lipinski definition) is 3. The Kier molecular flexibility index (Phi) is 4.47. The van der Waals surface area contributed by atoms with Crippen LogP contribution in [0.15, 0.2) is 53.4 Å². The van der Waals surface area contributed by atoms with E-state index in [9.17, 15) is 4.79 Å². The number of aryl methyl sites for hydroxylation is 1. The molecule has 2 aromatic carbocycles. The van der Waals surface area contributed by atoms with Crippen molar-refractivity contribution in [2.75, 3.05) is 16.8 Å². The zero-order valence-electron chi connectivity index (χ0n) is 10.7. The number of nitrogen functional groups attached to an aromatic ring is 1. The van der Waals surface area contributed by atoms with Gasteiger partial charge in [-0.05, 0) is 43.3 Å². The number of carbonyl (C=O) groups is 1. The summed E-state index contributed by atoms with van der Waals surface area (Å²) in [6.45, 7) is 2.04. The summed E-state index contributed by atoms with van der Waals surface area (Å²) >= 11 is 1.52. The van der Waals surface area contributed by atoms with Crippen molar-refractivity contribution in [2.45, 2.75) is 11.8 Å². The molecule has 0 aromatic heterocycles. The van der Waals surface area contributed by atoms with Gasteiger partial charge in [-0.1, -0.05) is 17.7 Å². The van der Waals surface area contributed by atoms with Gasteiger partial charge in [-0.25, -0.2) is 0 Å². The summed E-state index contributed by atoms with van der Waals surface area (Å²) in [7, 11) is 0. The van der Waals surface area contributed by atoms with E-state index < -0.39 is 0 Å². The maximum atomic E-state index is 11.8. The number of carbonyl (C=O) groups excluding carboxylic acids is 1. The summed E-state index contributed by atoms with van der Waals surface area (Å²) < 4.78 is 0. The number of anilines is 2. The lowest BCUT2D eigenvalue weighted by atomic mass is 10.2. The van der Waals surface area contributed by atoms with E-state index in [0.717, 1.165) is 10.6 Å². The molecule has 0 saturated carbocycles. The van der Waals surface area contributed by atoms with Gasteiger partial charge >= 0.3 is 0 Å². The summed E-state index contributed by atoms with van der Waals surface area (Å²) in [6.07, 6.45) is 0. The lowest BCUT2D eigenvalue weighted by molar-refractivity contribution is -0.113. The molecule has 3 nitrogen and oxygen atoms in total. The summed E-state index contributed by atoms with van der Waals surface area (Å²) in [4.78, 5) is 12.9. The number of nitrogens with two attached hydrogens (primary N) is 1. The van der Waals surface area contributed by atoms with Gasteiger partial charge in [0.1, 0.15) is 0 Å². The van der Waals surface area contributed by atoms with Gasteiger partial charge in [0.15, 0.2) is 0 Å². The summed E-state index contributed by atoms with van der Waals surface area (Å²) in [5.74, 6) is 0.378. The Hall–Kier alpha value is -1.94. The zero-order valence-corrected chi connectivity index (χ0v) is 11.5. The first-order valence-electron chi connectivity index (χ1n) is 5.98. The van der Waals surface area contributed by atoms with Crippen molar-refractivity contribution in [2.24, 2.45) is 0 Å². The second-order valence-electron chi connectivity index (χ2n) is 4.27. The molecule has 98 valence electrons. The maximum Gasteiger partial charge on any atom is 0.234 e. The van der Waals surface area contributed by atoms with Crippen molar-refractivity contribution in [3.8, 4) is 0 Å². The van der Waals surface area contributed by atoms with E-state index in [1.54, 1.807) is 24.3 Å². The maximum absolute atomic E-state index is 11.8. The fourth-order valence-corrected chi connectivity index (χ4v) is 2.25. The number of amides is 1. The molecule has 4 heteroatoms. The highest BCUT2D eigenvalue weighted by Gasteiger charge is 2.03. The van der Waals surface area contributed by atoms with E-state index >= 15 is 0 Å². The van der Waals surface area contributed by atoms with Crippen molar-refractivity contribution >= 4 is 29.0 Å². The first-order valence-corrected chi connectivity index (χ1v) is 6.97. The zero-order chi connectivity index (χ0) is 13.7. The third-order valence-corrected chi connectivity index (χ3v) is 3.60. The molecule has 2 aromatic rings. The van der Waals surface area contributed by atoms with Gasteiger partial charge in [-0.2, -0.15) is 0 Å². The van der Waals surface area contributed by atoms with Crippen molar-refractivity contribution in [3.05, 3.63) is 54.1 Å². The van der Waals surface area contributed by atoms with Gasteiger partial charge in [-0.3, -0.25) is 4.79 Å². The third kappa shape index (κ3) is 4.34. The van der Waals surface area contributed by atoms with Crippen LogP contribution in [0.3, 0.4) is 0 Å². The predicted molar refractivity (Wildman–Crippen MR) is 81.4 cm³/mol. The van der Waals surface area contributed by atoms with Crippen molar-refractivity contribution in [1.82, 2.24) is 0 Å². The van der Waals surface area contributed by atoms with E-state index in [1.807, 2.05) is 31.2 Å². The molecule has 0 bridgehead atoms. The first-order chi connectivity index (χ1) is 9.13. The van der Waals surface area contributed by atoms with Gasteiger partial charge in [-0.15, -0.1) is 11.8 Å². The Morgan fingerprint density at radius 2 is 1.74 bits per heavy atom. The van der Waals surface area contributed by atoms with Gasteiger partial charge in [0, 0.05) is 16.3 Å². The van der Waals surface area contributed by atoms with E-state index in [0.29, 0.717) is 11.4 Å². The molecule has 0 atom stereocenters. The normalized spacial score (nSPS) is 10.2. The molecular weight excluding hydrogens is 256 g/mol. The van der Waals surface area contributed by atoms with Crippen LogP contribution >= 0.6 is 11.8 Å². The molecule has 0 aliphatic rings. The first kappa shape index (κ1) is 13.5. The van der Waals surface area contributed by atoms with E-state index in [-0.39, 0.29) is 5.91 Å². The van der Waals surface area contributed by atoms with E-state index in [1.165, 1.54) is 17.3 Å². The van der Waals surface area contributed by atoms with Crippen LogP contribution in [-0.2, 0) is 4.79 Å². The molecule has 0 radical (unpaired) electrons. The Morgan fingerprint density at radius 1 is 1.11 bits per heavy atom. The lowest BCUT2D eigenvalue weighted by Crippen LogP contribution is -2.13. The Bertz CT molecular complexity index is 549. The van der Waals surface area contributed by atoms with E-state index in [4.69, 9.17) is 5.73 Å². The highest BCUT2D eigenvalue weighted by molar-refractivity contribution is 8.00. The Balaban J connectivity index is 1.84. The molecule has 3 N–H and O–H groups in total. The molecule has 0 heterocycles. The summed E-state index contributed by atoms with van der Waals surface area (Å²) in [5, 5.41) is 2.84. The number of benzene rings is 2. The van der Waals surface area contributed by atoms with Crippen LogP contribution in [0, 0.1) is 6.92 Å². The lowest BCUT2D eigenvalue weighted by Gasteiger charge is -2.05. The van der Waals surface area contributed by atoms with Crippen LogP contribution < -0.4 is 11.1 Å². The van der Waals surface area contributed by atoms with Gasteiger partial charge in [0.2, 0.25) is 5.91 Å². The Labute approximate surface area is 117 Å². The second kappa shape index (κ2) is 6.29. The monoisotopic (exact) mass is 272 g/mol. The standard InChI is InChI=1S/C15H16N2OS/c1-11-2-8-14(9-3-11)19-10-15(18)17-13-6-4-12(16)5-7-13/h2-9H,10,16H2,1H3,(H,17,18). The molecule has 1 amide bonds. The van der Waals surface area contributed by atoms with Crippen molar-refractivity contribution < 1.29 is 4.79 Å². The van der Waals surface area contributed by atoms with Crippen molar-refractivity contribution in [1.29, 1.82) is 0 Å². The number of rotatable bonds is 4. The minimum Gasteiger partial charge on any atom is -0.399 e. The fraction of sp³-hybridized carbons (Fsp3) is 0.133. The summed E-state index contributed by atoms with van der Waals surface area (Å²) in [6, 6.07) is 15.3. The van der Waals surface area contributed by atoms with E-state index in [2.05, 4.69) is 5.32 Å². The SMILES string of the molecule is Cc1ccc(SCC(=O)Nc2ccc(N)cc2)cc1. The quantitative estimate of drug-likeness (QED) is 0.663. The molecule has 0 saturated heterocycles. The molecule has 2 rings (SSSR count). The summed E-state index contributed by atoms with van der Waals surface area (Å²) in [5.41, 5.74) is 8.26. The average molecular weight is 272 g/mol. The van der Waals surface area contributed by atoms with Crippen LogP contribution in [0.4, 0.5) is 11.4 Å². The highest BCUT2D eigenvalue weighted by atomic mass is 32.2. The number of hydrogen-bond donors (Lipinski definition) is 2. The Morgan fingerprint density at radius 3 is 2.37 bits per heavy atom. The van der Waals surface area contributed by atoms with Gasteiger partial charge < -0.3 is 11.1 Å². The second-order valence-corrected chi connectivity index (χ2v) is 5.32. The van der Waals surface area contributed by atoms with Crippen LogP contribution in [0.5, 0.6) is 0 Å². The minimum absolute atomic E-state index is 0.0182. The number of thioether (sulfide) groups is 1. The minimum atomic E-state index is -0.0182. The molecule has 0 aliphatic carbocycles. The van der Waals surface area contributed by atoms with Crippen LogP contribution in [-0.4, -0.2) is 11.7 Å².